The van der Waals surface area contributed by atoms with Gasteiger partial charge >= 0.3 is 6.18 Å². The van der Waals surface area contributed by atoms with Crippen molar-refractivity contribution in [2.75, 3.05) is 13.2 Å². The summed E-state index contributed by atoms with van der Waals surface area (Å²) in [5.74, 6) is -0.211. The molecule has 2 unspecified atom stereocenters. The van der Waals surface area contributed by atoms with Crippen molar-refractivity contribution in [2.45, 2.75) is 37.0 Å². The number of aliphatic hydroxyl groups is 2. The molecule has 136 valence electrons. The highest BCUT2D eigenvalue weighted by atomic mass is 35.5. The van der Waals surface area contributed by atoms with Crippen molar-refractivity contribution >= 4 is 24.8 Å². The number of hydrogen-bond donors (Lipinski definition) is 4. The number of halogens is 5. The predicted octanol–water partition coefficient (Wildman–Crippen LogP) is 2.05. The Labute approximate surface area is 145 Å². The van der Waals surface area contributed by atoms with Crippen LogP contribution >= 0.6 is 24.8 Å². The summed E-state index contributed by atoms with van der Waals surface area (Å²) in [6.45, 7) is -0.434. The minimum Gasteiger partial charge on any atom is -0.395 e. The molecular weight excluding hydrogens is 356 g/mol. The largest absolute Gasteiger partial charge is 0.416 e. The van der Waals surface area contributed by atoms with E-state index in [9.17, 15) is 13.2 Å². The third-order valence-corrected chi connectivity index (χ3v) is 3.35. The lowest BCUT2D eigenvalue weighted by Crippen LogP contribution is -2.31. The molecule has 0 fully saturated rings. The Morgan fingerprint density at radius 3 is 1.57 bits per heavy atom. The second-order valence-corrected chi connectivity index (χ2v) is 5.17. The molecule has 9 heteroatoms. The van der Waals surface area contributed by atoms with Crippen molar-refractivity contribution in [3.05, 3.63) is 35.4 Å². The summed E-state index contributed by atoms with van der Waals surface area (Å²) in [5.41, 5.74) is 11.3. The number of nitrogens with two attached hydrogens (primary N) is 2. The fourth-order valence-electron chi connectivity index (χ4n) is 2.19. The van der Waals surface area contributed by atoms with Crippen LogP contribution in [0.15, 0.2) is 24.3 Å². The summed E-state index contributed by atoms with van der Waals surface area (Å²) in [4.78, 5) is 0. The van der Waals surface area contributed by atoms with Gasteiger partial charge in [-0.2, -0.15) is 13.2 Å². The maximum atomic E-state index is 12.5. The van der Waals surface area contributed by atoms with Crippen LogP contribution in [0.4, 0.5) is 13.2 Å². The van der Waals surface area contributed by atoms with Gasteiger partial charge in [-0.25, -0.2) is 0 Å². The molecule has 0 radical (unpaired) electrons. The van der Waals surface area contributed by atoms with E-state index in [-0.39, 0.29) is 43.9 Å². The smallest absolute Gasteiger partial charge is 0.395 e. The molecule has 0 saturated heterocycles. The summed E-state index contributed by atoms with van der Waals surface area (Å²) in [5, 5.41) is 18.0. The maximum Gasteiger partial charge on any atom is 0.416 e. The first-order valence-electron chi connectivity index (χ1n) is 6.68. The number of benzene rings is 1. The second kappa shape index (κ2) is 11.1. The Morgan fingerprint density at radius 2 is 1.26 bits per heavy atom. The van der Waals surface area contributed by atoms with Gasteiger partial charge in [-0.3, -0.25) is 0 Å². The Bertz CT molecular complexity index is 421. The molecule has 6 N–H and O–H groups in total. The highest BCUT2D eigenvalue weighted by Gasteiger charge is 2.30. The summed E-state index contributed by atoms with van der Waals surface area (Å²) in [7, 11) is 0. The number of hydrogen-bond acceptors (Lipinski definition) is 4. The molecule has 0 aromatic heterocycles. The van der Waals surface area contributed by atoms with E-state index in [1.807, 2.05) is 0 Å². The molecule has 0 bridgehead atoms. The van der Waals surface area contributed by atoms with Gasteiger partial charge in [-0.15, -0.1) is 24.8 Å². The minimum atomic E-state index is -4.38. The Kier molecular flexibility index (Phi) is 11.9. The normalized spacial score (nSPS) is 15.1. The van der Waals surface area contributed by atoms with E-state index in [1.54, 1.807) is 0 Å². The molecule has 1 aromatic rings. The summed E-state index contributed by atoms with van der Waals surface area (Å²) >= 11 is 0. The van der Waals surface area contributed by atoms with Gasteiger partial charge in [0.1, 0.15) is 0 Å². The highest BCUT2D eigenvalue weighted by Crippen LogP contribution is 2.32. The van der Waals surface area contributed by atoms with Gasteiger partial charge in [-0.1, -0.05) is 12.1 Å². The molecule has 0 aliphatic rings. The number of rotatable bonds is 7. The van der Waals surface area contributed by atoms with Crippen LogP contribution in [0.5, 0.6) is 0 Å². The van der Waals surface area contributed by atoms with Crippen molar-refractivity contribution in [1.82, 2.24) is 0 Å². The number of alkyl halides is 3. The van der Waals surface area contributed by atoms with Crippen LogP contribution in [0.2, 0.25) is 0 Å². The monoisotopic (exact) mass is 378 g/mol. The Hall–Kier alpha value is -0.570. The maximum absolute atomic E-state index is 12.5. The molecule has 1 rings (SSSR count). The minimum absolute atomic E-state index is 0. The van der Waals surface area contributed by atoms with Crippen molar-refractivity contribution in [3.63, 3.8) is 0 Å². The molecule has 4 nitrogen and oxygen atoms in total. The Morgan fingerprint density at radius 1 is 0.870 bits per heavy atom. The molecule has 0 spiro atoms. The van der Waals surface area contributed by atoms with Crippen molar-refractivity contribution in [1.29, 1.82) is 0 Å². The van der Waals surface area contributed by atoms with Gasteiger partial charge in [0.25, 0.3) is 0 Å². The lowest BCUT2D eigenvalue weighted by Gasteiger charge is -2.23. The van der Waals surface area contributed by atoms with Gasteiger partial charge < -0.3 is 21.7 Å². The highest BCUT2D eigenvalue weighted by molar-refractivity contribution is 5.85. The van der Waals surface area contributed by atoms with Crippen molar-refractivity contribution in [3.8, 4) is 0 Å². The molecule has 0 aliphatic carbocycles. The Balaban J connectivity index is 0. The summed E-state index contributed by atoms with van der Waals surface area (Å²) in [6.07, 6.45) is -3.61. The first-order valence-corrected chi connectivity index (χ1v) is 6.68. The summed E-state index contributed by atoms with van der Waals surface area (Å²) in [6, 6.07) is 3.84. The van der Waals surface area contributed by atoms with E-state index in [4.69, 9.17) is 21.7 Å². The van der Waals surface area contributed by atoms with Gasteiger partial charge in [0, 0.05) is 12.1 Å². The molecule has 2 atom stereocenters. The SMILES string of the molecule is Cl.Cl.NC(CO)CC(CC(N)CO)c1ccc(C(F)(F)F)cc1. The van der Waals surface area contributed by atoms with E-state index < -0.39 is 23.8 Å². The average Bonchev–Trinajstić information content (AvgIpc) is 2.45. The first-order chi connectivity index (χ1) is 9.77. The quantitative estimate of drug-likeness (QED) is 0.584. The van der Waals surface area contributed by atoms with E-state index in [1.165, 1.54) is 12.1 Å². The van der Waals surface area contributed by atoms with Crippen LogP contribution in [0, 0.1) is 0 Å². The summed E-state index contributed by atoms with van der Waals surface area (Å²) < 4.78 is 37.6. The van der Waals surface area contributed by atoms with Gasteiger partial charge in [0.2, 0.25) is 0 Å². The van der Waals surface area contributed by atoms with Crippen LogP contribution in [-0.2, 0) is 6.18 Å². The predicted molar refractivity (Wildman–Crippen MR) is 88.0 cm³/mol. The average molecular weight is 379 g/mol. The third-order valence-electron chi connectivity index (χ3n) is 3.35. The van der Waals surface area contributed by atoms with Crippen LogP contribution in [0.25, 0.3) is 0 Å². The lowest BCUT2D eigenvalue weighted by atomic mass is 9.87. The zero-order chi connectivity index (χ0) is 16.0. The zero-order valence-electron chi connectivity index (χ0n) is 12.4. The van der Waals surface area contributed by atoms with E-state index in [0.29, 0.717) is 18.4 Å². The fourth-order valence-corrected chi connectivity index (χ4v) is 2.19. The first kappa shape index (κ1) is 24.7. The van der Waals surface area contributed by atoms with Crippen molar-refractivity contribution < 1.29 is 23.4 Å². The standard InChI is InChI=1S/C14H21F3N2O2.2ClH/c15-14(16,17)11-3-1-9(2-4-11)10(5-12(18)7-20)6-13(19)8-21;;/h1-4,10,12-13,20-21H,5-8,18-19H2;2*1H. The fraction of sp³-hybridized carbons (Fsp3) is 0.571. The third kappa shape index (κ3) is 8.19. The topological polar surface area (TPSA) is 92.5 Å². The molecule has 0 amide bonds. The van der Waals surface area contributed by atoms with Crippen LogP contribution in [-0.4, -0.2) is 35.5 Å². The molecule has 0 heterocycles. The zero-order valence-corrected chi connectivity index (χ0v) is 14.0. The molecule has 1 aromatic carbocycles. The van der Waals surface area contributed by atoms with Gasteiger partial charge in [-0.05, 0) is 36.5 Å². The van der Waals surface area contributed by atoms with Crippen LogP contribution in [0.3, 0.4) is 0 Å². The number of aliphatic hydroxyl groups excluding tert-OH is 2. The molecular formula is C14H23Cl2F3N2O2. The van der Waals surface area contributed by atoms with E-state index >= 15 is 0 Å². The van der Waals surface area contributed by atoms with Crippen LogP contribution in [0.1, 0.15) is 29.9 Å². The molecule has 23 heavy (non-hydrogen) atoms. The van der Waals surface area contributed by atoms with Gasteiger partial charge in [0.15, 0.2) is 0 Å². The van der Waals surface area contributed by atoms with Crippen LogP contribution < -0.4 is 11.5 Å². The molecule has 0 aliphatic heterocycles. The second-order valence-electron chi connectivity index (χ2n) is 5.17. The molecule has 0 saturated carbocycles. The lowest BCUT2D eigenvalue weighted by molar-refractivity contribution is -0.137. The van der Waals surface area contributed by atoms with Crippen molar-refractivity contribution in [2.24, 2.45) is 11.5 Å². The van der Waals surface area contributed by atoms with E-state index in [0.717, 1.165) is 12.1 Å². The van der Waals surface area contributed by atoms with E-state index in [2.05, 4.69) is 0 Å². The van der Waals surface area contributed by atoms with Gasteiger partial charge in [0.05, 0.1) is 18.8 Å².